The van der Waals surface area contributed by atoms with Gasteiger partial charge in [-0.25, -0.2) is 4.98 Å². The molecule has 2 rings (SSSR count). The molecule has 1 aliphatic rings. The van der Waals surface area contributed by atoms with Crippen LogP contribution < -0.4 is 15.8 Å². The van der Waals surface area contributed by atoms with Crippen molar-refractivity contribution < 1.29 is 9.53 Å². The highest BCUT2D eigenvalue weighted by Gasteiger charge is 2.25. The second-order valence-corrected chi connectivity index (χ2v) is 5.45. The first kappa shape index (κ1) is 21.2. The molecule has 0 radical (unpaired) electrons. The zero-order valence-corrected chi connectivity index (χ0v) is 14.6. The number of carbonyl (C=O) groups is 1. The summed E-state index contributed by atoms with van der Waals surface area (Å²) in [6.07, 6.45) is 5.32. The van der Waals surface area contributed by atoms with Gasteiger partial charge in [0.05, 0.1) is 6.54 Å². The predicted octanol–water partition coefficient (Wildman–Crippen LogP) is 2.59. The molecule has 1 saturated carbocycles. The lowest BCUT2D eigenvalue weighted by Gasteiger charge is -2.14. The molecule has 0 spiro atoms. The van der Waals surface area contributed by atoms with Crippen LogP contribution in [0.2, 0.25) is 5.02 Å². The summed E-state index contributed by atoms with van der Waals surface area (Å²) in [4.78, 5) is 15.8. The second-order valence-electron chi connectivity index (χ2n) is 5.05. The van der Waals surface area contributed by atoms with Crippen molar-refractivity contribution >= 4 is 42.3 Å². The number of amides is 1. The molecule has 126 valence electrons. The molecule has 1 amide bonds. The van der Waals surface area contributed by atoms with Gasteiger partial charge in [0, 0.05) is 18.7 Å². The maximum absolute atomic E-state index is 11.8. The topological polar surface area (TPSA) is 77.2 Å². The van der Waals surface area contributed by atoms with Gasteiger partial charge in [-0.2, -0.15) is 0 Å². The number of pyridine rings is 1. The van der Waals surface area contributed by atoms with Crippen LogP contribution in [0, 0.1) is 5.92 Å². The van der Waals surface area contributed by atoms with Crippen molar-refractivity contribution in [3.05, 3.63) is 23.4 Å². The Morgan fingerprint density at radius 1 is 1.45 bits per heavy atom. The van der Waals surface area contributed by atoms with Gasteiger partial charge in [0.15, 0.2) is 0 Å². The van der Waals surface area contributed by atoms with Crippen LogP contribution in [0.15, 0.2) is 18.3 Å². The van der Waals surface area contributed by atoms with Crippen molar-refractivity contribution in [2.45, 2.75) is 31.7 Å². The number of nitrogens with zero attached hydrogens (tertiary/aromatic N) is 1. The summed E-state index contributed by atoms with van der Waals surface area (Å²) in [5.74, 6) is 0.741. The standard InChI is InChI=1S/C14H20ClN3O2.2ClH/c15-11-4-2-6-18-14(11)20-8-7-17-13(19)9-10-3-1-5-12(10)16;;/h2,4,6,10,12H,1,3,5,7-9,16H2,(H,17,19);2*1H/t10-,12+;;/m0../s1. The van der Waals surface area contributed by atoms with Crippen LogP contribution in [0.5, 0.6) is 5.88 Å². The zero-order valence-electron chi connectivity index (χ0n) is 12.2. The number of carbonyl (C=O) groups excluding carboxylic acids is 1. The van der Waals surface area contributed by atoms with Crippen molar-refractivity contribution in [1.82, 2.24) is 10.3 Å². The molecule has 2 atom stereocenters. The largest absolute Gasteiger partial charge is 0.475 e. The Balaban J connectivity index is 0.00000220. The van der Waals surface area contributed by atoms with Gasteiger partial charge < -0.3 is 15.8 Å². The number of aromatic nitrogens is 1. The molecule has 5 nitrogen and oxygen atoms in total. The van der Waals surface area contributed by atoms with Crippen LogP contribution in [0.25, 0.3) is 0 Å². The maximum atomic E-state index is 11.8. The summed E-state index contributed by atoms with van der Waals surface area (Å²) in [6, 6.07) is 3.62. The number of hydrogen-bond donors (Lipinski definition) is 2. The summed E-state index contributed by atoms with van der Waals surface area (Å²) in [6.45, 7) is 0.785. The highest BCUT2D eigenvalue weighted by molar-refractivity contribution is 6.31. The van der Waals surface area contributed by atoms with E-state index in [0.717, 1.165) is 19.3 Å². The number of hydrogen-bond acceptors (Lipinski definition) is 4. The molecular formula is C14H22Cl3N3O2. The number of halogens is 3. The number of rotatable bonds is 6. The first-order valence-corrected chi connectivity index (χ1v) is 7.30. The zero-order chi connectivity index (χ0) is 14.4. The van der Waals surface area contributed by atoms with E-state index in [2.05, 4.69) is 10.3 Å². The SMILES string of the molecule is Cl.Cl.N[C@@H]1CCC[C@H]1CC(=O)NCCOc1ncccc1Cl. The Bertz CT molecular complexity index is 463. The van der Waals surface area contributed by atoms with Crippen molar-refractivity contribution in [2.75, 3.05) is 13.2 Å². The predicted molar refractivity (Wildman–Crippen MR) is 92.2 cm³/mol. The number of ether oxygens (including phenoxy) is 1. The van der Waals surface area contributed by atoms with E-state index < -0.39 is 0 Å². The van der Waals surface area contributed by atoms with Crippen LogP contribution in [0.1, 0.15) is 25.7 Å². The average Bonchev–Trinajstić information content (AvgIpc) is 2.82. The van der Waals surface area contributed by atoms with Crippen LogP contribution in [-0.4, -0.2) is 30.1 Å². The maximum Gasteiger partial charge on any atom is 0.232 e. The Labute approximate surface area is 148 Å². The third kappa shape index (κ3) is 6.57. The number of nitrogens with two attached hydrogens (primary N) is 1. The van der Waals surface area contributed by atoms with Crippen molar-refractivity contribution in [3.63, 3.8) is 0 Å². The van der Waals surface area contributed by atoms with E-state index in [0.29, 0.717) is 36.4 Å². The molecule has 0 saturated heterocycles. The third-order valence-corrected chi connectivity index (χ3v) is 3.84. The van der Waals surface area contributed by atoms with Gasteiger partial charge in [-0.05, 0) is 30.9 Å². The molecule has 1 aromatic rings. The minimum atomic E-state index is 0. The second kappa shape index (κ2) is 10.9. The Morgan fingerprint density at radius 2 is 2.23 bits per heavy atom. The average molecular weight is 371 g/mol. The minimum Gasteiger partial charge on any atom is -0.475 e. The monoisotopic (exact) mass is 369 g/mol. The van der Waals surface area contributed by atoms with Gasteiger partial charge in [-0.1, -0.05) is 18.0 Å². The highest BCUT2D eigenvalue weighted by Crippen LogP contribution is 2.26. The summed E-state index contributed by atoms with van der Waals surface area (Å²) in [5.41, 5.74) is 5.95. The Morgan fingerprint density at radius 3 is 2.86 bits per heavy atom. The fraction of sp³-hybridized carbons (Fsp3) is 0.571. The van der Waals surface area contributed by atoms with Gasteiger partial charge in [0.25, 0.3) is 0 Å². The van der Waals surface area contributed by atoms with Crippen molar-refractivity contribution in [3.8, 4) is 5.88 Å². The fourth-order valence-electron chi connectivity index (χ4n) is 2.44. The summed E-state index contributed by atoms with van der Waals surface area (Å²) < 4.78 is 5.40. The normalized spacial score (nSPS) is 19.7. The van der Waals surface area contributed by atoms with Gasteiger partial charge in [-0.3, -0.25) is 4.79 Å². The van der Waals surface area contributed by atoms with E-state index in [9.17, 15) is 4.79 Å². The molecule has 0 aliphatic heterocycles. The van der Waals surface area contributed by atoms with Crippen LogP contribution in [-0.2, 0) is 4.79 Å². The number of nitrogens with one attached hydrogen (secondary N) is 1. The molecule has 22 heavy (non-hydrogen) atoms. The molecule has 0 bridgehead atoms. The fourth-order valence-corrected chi connectivity index (χ4v) is 2.62. The minimum absolute atomic E-state index is 0. The Hall–Kier alpha value is -0.750. The lowest BCUT2D eigenvalue weighted by Crippen LogP contribution is -2.33. The molecule has 1 fully saturated rings. The molecule has 3 N–H and O–H groups in total. The van der Waals surface area contributed by atoms with E-state index in [1.54, 1.807) is 18.3 Å². The lowest BCUT2D eigenvalue weighted by molar-refractivity contribution is -0.122. The van der Waals surface area contributed by atoms with Gasteiger partial charge >= 0.3 is 0 Å². The summed E-state index contributed by atoms with van der Waals surface area (Å²) in [5, 5.41) is 3.30. The molecule has 1 aromatic heterocycles. The van der Waals surface area contributed by atoms with Crippen molar-refractivity contribution in [1.29, 1.82) is 0 Å². The van der Waals surface area contributed by atoms with Crippen LogP contribution in [0.4, 0.5) is 0 Å². The smallest absolute Gasteiger partial charge is 0.232 e. The quantitative estimate of drug-likeness (QED) is 0.755. The molecule has 1 aliphatic carbocycles. The van der Waals surface area contributed by atoms with E-state index in [1.165, 1.54) is 0 Å². The Kier molecular flexibility index (Phi) is 10.5. The molecule has 1 heterocycles. The molecule has 8 heteroatoms. The van der Waals surface area contributed by atoms with Crippen LogP contribution >= 0.6 is 36.4 Å². The van der Waals surface area contributed by atoms with Gasteiger partial charge in [-0.15, -0.1) is 24.8 Å². The third-order valence-electron chi connectivity index (χ3n) is 3.55. The van der Waals surface area contributed by atoms with Crippen LogP contribution in [0.3, 0.4) is 0 Å². The van der Waals surface area contributed by atoms with E-state index in [1.807, 2.05) is 0 Å². The van der Waals surface area contributed by atoms with Crippen molar-refractivity contribution in [2.24, 2.45) is 11.7 Å². The first-order chi connectivity index (χ1) is 9.66. The van der Waals surface area contributed by atoms with E-state index in [4.69, 9.17) is 22.1 Å². The summed E-state index contributed by atoms with van der Waals surface area (Å²) >= 11 is 5.91. The van der Waals surface area contributed by atoms with Gasteiger partial charge in [0.2, 0.25) is 11.8 Å². The molecule has 0 aromatic carbocycles. The van der Waals surface area contributed by atoms with E-state index >= 15 is 0 Å². The van der Waals surface area contributed by atoms with Gasteiger partial charge in [0.1, 0.15) is 11.6 Å². The lowest BCUT2D eigenvalue weighted by atomic mass is 10.00. The summed E-state index contributed by atoms with van der Waals surface area (Å²) in [7, 11) is 0. The van der Waals surface area contributed by atoms with E-state index in [-0.39, 0.29) is 36.8 Å². The first-order valence-electron chi connectivity index (χ1n) is 6.92. The molecular weight excluding hydrogens is 349 g/mol. The highest BCUT2D eigenvalue weighted by atomic mass is 35.5. The molecule has 0 unspecified atom stereocenters.